The molecule has 0 amide bonds. The highest BCUT2D eigenvalue weighted by Crippen LogP contribution is 2.45. The van der Waals surface area contributed by atoms with Gasteiger partial charge in [-0.05, 0) is 82.2 Å². The minimum Gasteiger partial charge on any atom is -0.477 e. The van der Waals surface area contributed by atoms with Crippen LogP contribution in [0.5, 0.6) is 0 Å². The van der Waals surface area contributed by atoms with E-state index in [9.17, 15) is 10.1 Å². The van der Waals surface area contributed by atoms with Gasteiger partial charge in [-0.25, -0.2) is 9.97 Å². The number of allylic oxidation sites excluding steroid dienone is 1. The van der Waals surface area contributed by atoms with Crippen molar-refractivity contribution in [1.29, 1.82) is 10.7 Å². The maximum absolute atomic E-state index is 14.3. The van der Waals surface area contributed by atoms with Gasteiger partial charge < -0.3 is 31.2 Å². The van der Waals surface area contributed by atoms with Gasteiger partial charge in [0.15, 0.2) is 11.6 Å². The molecule has 3 atom stereocenters. The highest BCUT2D eigenvalue weighted by Gasteiger charge is 2.50. The van der Waals surface area contributed by atoms with Crippen molar-refractivity contribution in [2.75, 3.05) is 50.6 Å². The lowest BCUT2D eigenvalue weighted by Gasteiger charge is -2.35. The zero-order valence-electron chi connectivity index (χ0n) is 29.1. The summed E-state index contributed by atoms with van der Waals surface area (Å²) in [6.45, 7) is 9.01. The number of aryl methyl sites for hydroxylation is 1. The van der Waals surface area contributed by atoms with Gasteiger partial charge in [-0.3, -0.25) is 10.2 Å². The van der Waals surface area contributed by atoms with Crippen molar-refractivity contribution in [3.8, 4) is 6.07 Å². The van der Waals surface area contributed by atoms with Crippen LogP contribution in [0.4, 0.5) is 10.9 Å². The standard InChI is InChI=1S/C36H49N9O3S/c1-5-9-25(31(46)24-11-6-12-28-29(24)26(18-37)33(40)49-28)30(38)32(39)44-34(48-20-22(2)10-7-14-41-4)27-19-45(35-42-15-8-16-43-35)36(23(27)3)13-17-47-21-36/h8,15-16,22,24,39,41H,5-7,9-14,17,19-21,38,40H2,1-4H3/b30-25-,39-32?,44-34?/t22?,24?,36-/m0/s1. The Balaban J connectivity index is 1.52. The number of nitriles is 1. The molecule has 13 heteroatoms. The van der Waals surface area contributed by atoms with E-state index >= 15 is 0 Å². The Bertz CT molecular complexity index is 1670. The lowest BCUT2D eigenvalue weighted by Crippen LogP contribution is -2.47. The predicted octanol–water partition coefficient (Wildman–Crippen LogP) is 5.02. The molecule has 0 bridgehead atoms. The summed E-state index contributed by atoms with van der Waals surface area (Å²) in [6, 6.07) is 4.01. The average molecular weight is 688 g/mol. The zero-order chi connectivity index (χ0) is 35.1. The van der Waals surface area contributed by atoms with Gasteiger partial charge in [-0.15, -0.1) is 11.3 Å². The lowest BCUT2D eigenvalue weighted by atomic mass is 9.79. The van der Waals surface area contributed by atoms with Crippen LogP contribution < -0.4 is 21.7 Å². The summed E-state index contributed by atoms with van der Waals surface area (Å²) in [4.78, 5) is 31.3. The van der Waals surface area contributed by atoms with Crippen LogP contribution in [0.1, 0.15) is 87.6 Å². The summed E-state index contributed by atoms with van der Waals surface area (Å²) >= 11 is 1.39. The summed E-state index contributed by atoms with van der Waals surface area (Å²) in [7, 11) is 1.94. The van der Waals surface area contributed by atoms with E-state index in [1.807, 2.05) is 14.0 Å². The number of nitrogens with one attached hydrogen (secondary N) is 2. The molecule has 1 fully saturated rings. The molecule has 262 valence electrons. The minimum absolute atomic E-state index is 0.0299. The molecule has 2 unspecified atom stereocenters. The minimum atomic E-state index is -0.528. The molecule has 0 aromatic carbocycles. The van der Waals surface area contributed by atoms with Crippen molar-refractivity contribution in [3.63, 3.8) is 0 Å². The van der Waals surface area contributed by atoms with Crippen molar-refractivity contribution in [2.45, 2.75) is 83.6 Å². The fourth-order valence-electron chi connectivity index (χ4n) is 7.22. The summed E-state index contributed by atoms with van der Waals surface area (Å²) < 4.78 is 12.4. The van der Waals surface area contributed by atoms with Crippen LogP contribution >= 0.6 is 11.3 Å². The van der Waals surface area contributed by atoms with Crippen molar-refractivity contribution in [2.24, 2.45) is 16.6 Å². The number of carbonyl (C=O) groups is 1. The van der Waals surface area contributed by atoms with E-state index < -0.39 is 11.5 Å². The van der Waals surface area contributed by atoms with Crippen LogP contribution in [-0.4, -0.2) is 73.0 Å². The van der Waals surface area contributed by atoms with Crippen LogP contribution in [0.15, 0.2) is 45.9 Å². The van der Waals surface area contributed by atoms with E-state index in [1.54, 1.807) is 18.5 Å². The Morgan fingerprint density at radius 2 is 2.16 bits per heavy atom. The zero-order valence-corrected chi connectivity index (χ0v) is 29.9. The van der Waals surface area contributed by atoms with Crippen LogP contribution in [-0.2, 0) is 20.7 Å². The molecular weight excluding hydrogens is 639 g/mol. The Morgan fingerprint density at radius 3 is 2.84 bits per heavy atom. The number of nitrogen functional groups attached to an aromatic ring is 1. The molecule has 2 aromatic heterocycles. The summed E-state index contributed by atoms with van der Waals surface area (Å²) in [5.41, 5.74) is 15.8. The maximum Gasteiger partial charge on any atom is 0.226 e. The van der Waals surface area contributed by atoms with E-state index in [2.05, 4.69) is 40.1 Å². The number of hydrogen-bond acceptors (Lipinski definition) is 12. The number of Topliss-reactive ketones (excluding diaryl/α,β-unsaturated/α-hetero) is 1. The highest BCUT2D eigenvalue weighted by atomic mass is 32.1. The number of aromatic nitrogens is 2. The molecule has 3 aliphatic rings. The normalized spacial score (nSPS) is 21.8. The number of nitrogens with two attached hydrogens (primary N) is 2. The van der Waals surface area contributed by atoms with E-state index in [-0.39, 0.29) is 23.2 Å². The molecule has 2 aromatic rings. The third-order valence-electron chi connectivity index (χ3n) is 9.98. The maximum atomic E-state index is 14.3. The van der Waals surface area contributed by atoms with Gasteiger partial charge in [0, 0.05) is 47.4 Å². The van der Waals surface area contributed by atoms with Crippen LogP contribution in [0, 0.1) is 22.7 Å². The summed E-state index contributed by atoms with van der Waals surface area (Å²) in [6.07, 6.45) is 9.42. The van der Waals surface area contributed by atoms with Crippen LogP contribution in [0.3, 0.4) is 0 Å². The van der Waals surface area contributed by atoms with Gasteiger partial charge in [-0.1, -0.05) is 20.3 Å². The van der Waals surface area contributed by atoms with Crippen molar-refractivity contribution in [1.82, 2.24) is 15.3 Å². The first-order valence-corrected chi connectivity index (χ1v) is 18.1. The molecule has 6 N–H and O–H groups in total. The van der Waals surface area contributed by atoms with E-state index in [4.69, 9.17) is 31.3 Å². The summed E-state index contributed by atoms with van der Waals surface area (Å²) in [5, 5.41) is 22.7. The molecule has 1 spiro atoms. The fraction of sp³-hybridized carbons (Fsp3) is 0.556. The molecule has 0 radical (unpaired) electrons. The lowest BCUT2D eigenvalue weighted by molar-refractivity contribution is -0.117. The number of fused-ring (bicyclic) bond motifs is 1. The molecule has 1 aliphatic carbocycles. The van der Waals surface area contributed by atoms with Crippen LogP contribution in [0.2, 0.25) is 0 Å². The Kier molecular flexibility index (Phi) is 11.9. The average Bonchev–Trinajstić information content (AvgIpc) is 3.81. The number of hydrogen-bond donors (Lipinski definition) is 4. The van der Waals surface area contributed by atoms with Crippen molar-refractivity contribution in [3.05, 3.63) is 56.9 Å². The number of aliphatic imine (C=N–C) groups is 1. The second-order valence-electron chi connectivity index (χ2n) is 13.2. The first-order chi connectivity index (χ1) is 23.7. The number of ketones is 1. The Hall–Kier alpha value is -4.12. The molecule has 4 heterocycles. The number of nitrogens with zero attached hydrogens (tertiary/aromatic N) is 5. The number of amidine groups is 1. The molecular formula is C36H49N9O3S. The quantitative estimate of drug-likeness (QED) is 0.0964. The number of ether oxygens (including phenoxy) is 2. The number of rotatable bonds is 13. The molecule has 2 aliphatic heterocycles. The fourth-order valence-corrected chi connectivity index (χ4v) is 8.35. The Morgan fingerprint density at radius 1 is 1.39 bits per heavy atom. The van der Waals surface area contributed by atoms with Crippen LogP contribution in [0.25, 0.3) is 0 Å². The second kappa shape index (κ2) is 16.1. The smallest absolute Gasteiger partial charge is 0.226 e. The van der Waals surface area contributed by atoms with Gasteiger partial charge in [0.2, 0.25) is 11.8 Å². The monoisotopic (exact) mass is 687 g/mol. The first-order valence-electron chi connectivity index (χ1n) is 17.3. The molecule has 5 rings (SSSR count). The third kappa shape index (κ3) is 7.41. The number of thiophene rings is 1. The number of carbonyl (C=O) groups excluding carboxylic acids is 1. The first kappa shape index (κ1) is 36.2. The van der Waals surface area contributed by atoms with Gasteiger partial charge in [0.05, 0.1) is 36.6 Å². The molecule has 0 saturated carbocycles. The van der Waals surface area contributed by atoms with Crippen molar-refractivity contribution < 1.29 is 14.3 Å². The van der Waals surface area contributed by atoms with Gasteiger partial charge >= 0.3 is 0 Å². The molecule has 1 saturated heterocycles. The highest BCUT2D eigenvalue weighted by molar-refractivity contribution is 7.16. The van der Waals surface area contributed by atoms with Crippen molar-refractivity contribution >= 4 is 39.8 Å². The third-order valence-corrected chi connectivity index (χ3v) is 11.1. The summed E-state index contributed by atoms with van der Waals surface area (Å²) in [5.74, 6) is 0.231. The van der Waals surface area contributed by atoms with E-state index in [0.29, 0.717) is 73.6 Å². The Labute approximate surface area is 293 Å². The van der Waals surface area contributed by atoms with Gasteiger partial charge in [-0.2, -0.15) is 10.3 Å². The molecule has 49 heavy (non-hydrogen) atoms. The van der Waals surface area contributed by atoms with Gasteiger partial charge in [0.1, 0.15) is 11.1 Å². The SMILES string of the molecule is CCC/C(C(=O)C1CCCc2sc(N)c(C#N)c21)=C(/N)C(=N)N=C(OCC(C)CCCNC)C1=C(C)[C@@]2(CCOC2)N(c2ncccn2)C1. The van der Waals surface area contributed by atoms with Gasteiger partial charge in [0.25, 0.3) is 0 Å². The molecule has 12 nitrogen and oxygen atoms in total. The largest absolute Gasteiger partial charge is 0.477 e. The number of anilines is 2. The second-order valence-corrected chi connectivity index (χ2v) is 14.4. The topological polar surface area (TPSA) is 189 Å². The van der Waals surface area contributed by atoms with E-state index in [1.165, 1.54) is 11.3 Å². The van der Waals surface area contributed by atoms with E-state index in [0.717, 1.165) is 60.2 Å². The predicted molar refractivity (Wildman–Crippen MR) is 194 cm³/mol.